The molecular weight excluding hydrogens is 332 g/mol. The van der Waals surface area contributed by atoms with Gasteiger partial charge < -0.3 is 10.2 Å². The Kier molecular flexibility index (Phi) is 4.36. The van der Waals surface area contributed by atoms with Crippen LogP contribution in [0.4, 0.5) is 10.9 Å². The van der Waals surface area contributed by atoms with Crippen LogP contribution in [0.2, 0.25) is 0 Å². The minimum atomic E-state index is -0.0397. The number of piperidine rings is 1. The zero-order chi connectivity index (χ0) is 17.2. The van der Waals surface area contributed by atoms with Gasteiger partial charge in [-0.1, -0.05) is 29.5 Å². The van der Waals surface area contributed by atoms with Crippen LogP contribution in [0.5, 0.6) is 0 Å². The lowest BCUT2D eigenvalue weighted by Crippen LogP contribution is -2.40. The standard InChI is InChI=1S/C19H20N4OS/c1-13-6-4-10-20-17(13)22-18(24)14-7-5-11-23(12-14)19-21-15-8-2-3-9-16(15)25-19/h2-4,6,8-10,14H,5,7,11-12H2,1H3,(H,20,22,24)/t14-/m1/s1. The summed E-state index contributed by atoms with van der Waals surface area (Å²) in [4.78, 5) is 23.9. The maximum Gasteiger partial charge on any atom is 0.230 e. The summed E-state index contributed by atoms with van der Waals surface area (Å²) in [5, 5.41) is 3.99. The SMILES string of the molecule is Cc1cccnc1NC(=O)[C@@H]1CCCN(c2nc3ccccc3s2)C1. The number of nitrogens with one attached hydrogen (secondary N) is 1. The zero-order valence-electron chi connectivity index (χ0n) is 14.1. The molecule has 3 heterocycles. The molecule has 0 spiro atoms. The number of pyridine rings is 1. The van der Waals surface area contributed by atoms with Crippen LogP contribution in [0.3, 0.4) is 0 Å². The normalized spacial score (nSPS) is 17.6. The van der Waals surface area contributed by atoms with Crippen molar-refractivity contribution in [2.45, 2.75) is 19.8 Å². The Morgan fingerprint density at radius 3 is 3.00 bits per heavy atom. The maximum atomic E-state index is 12.7. The molecule has 1 N–H and O–H groups in total. The summed E-state index contributed by atoms with van der Waals surface area (Å²) in [7, 11) is 0. The third-order valence-electron chi connectivity index (χ3n) is 4.60. The number of amides is 1. The van der Waals surface area contributed by atoms with E-state index in [1.165, 1.54) is 4.70 Å². The number of hydrogen-bond donors (Lipinski definition) is 1. The van der Waals surface area contributed by atoms with Crippen molar-refractivity contribution < 1.29 is 4.79 Å². The van der Waals surface area contributed by atoms with Gasteiger partial charge in [0.05, 0.1) is 16.1 Å². The summed E-state index contributed by atoms with van der Waals surface area (Å²) in [5.41, 5.74) is 2.01. The van der Waals surface area contributed by atoms with Crippen molar-refractivity contribution >= 4 is 38.4 Å². The lowest BCUT2D eigenvalue weighted by atomic mass is 9.97. The molecule has 6 heteroatoms. The van der Waals surface area contributed by atoms with Crippen molar-refractivity contribution in [3.8, 4) is 0 Å². The summed E-state index contributed by atoms with van der Waals surface area (Å²) in [6, 6.07) is 12.0. The molecule has 2 aromatic heterocycles. The van der Waals surface area contributed by atoms with E-state index in [4.69, 9.17) is 4.98 Å². The predicted molar refractivity (Wildman–Crippen MR) is 102 cm³/mol. The molecule has 0 saturated carbocycles. The highest BCUT2D eigenvalue weighted by atomic mass is 32.1. The second-order valence-corrected chi connectivity index (χ2v) is 7.42. The number of hydrogen-bond acceptors (Lipinski definition) is 5. The molecule has 1 aliphatic rings. The molecule has 1 amide bonds. The van der Waals surface area contributed by atoms with Crippen molar-refractivity contribution in [3.63, 3.8) is 0 Å². The van der Waals surface area contributed by atoms with Gasteiger partial charge in [-0.3, -0.25) is 4.79 Å². The number of para-hydroxylation sites is 1. The Balaban J connectivity index is 1.48. The number of carbonyl (C=O) groups is 1. The van der Waals surface area contributed by atoms with Crippen molar-refractivity contribution in [1.29, 1.82) is 0 Å². The third-order valence-corrected chi connectivity index (χ3v) is 5.69. The van der Waals surface area contributed by atoms with Gasteiger partial charge in [0.2, 0.25) is 5.91 Å². The monoisotopic (exact) mass is 352 g/mol. The van der Waals surface area contributed by atoms with E-state index in [1.807, 2.05) is 37.3 Å². The molecule has 0 bridgehead atoms. The minimum absolute atomic E-state index is 0.0397. The van der Waals surface area contributed by atoms with Crippen LogP contribution in [0.15, 0.2) is 42.6 Å². The van der Waals surface area contributed by atoms with Crippen LogP contribution >= 0.6 is 11.3 Å². The lowest BCUT2D eigenvalue weighted by molar-refractivity contribution is -0.120. The Bertz CT molecular complexity index is 874. The van der Waals surface area contributed by atoms with E-state index in [1.54, 1.807) is 17.5 Å². The van der Waals surface area contributed by atoms with E-state index in [0.717, 1.165) is 35.6 Å². The van der Waals surface area contributed by atoms with Crippen LogP contribution < -0.4 is 10.2 Å². The summed E-state index contributed by atoms with van der Waals surface area (Å²) < 4.78 is 1.19. The summed E-state index contributed by atoms with van der Waals surface area (Å²) >= 11 is 1.69. The molecule has 1 aliphatic heterocycles. The van der Waals surface area contributed by atoms with Gasteiger partial charge in [-0.2, -0.15) is 0 Å². The Morgan fingerprint density at radius 2 is 2.16 bits per heavy atom. The number of aryl methyl sites for hydroxylation is 1. The molecule has 4 rings (SSSR count). The molecule has 0 aliphatic carbocycles. The fraction of sp³-hybridized carbons (Fsp3) is 0.316. The molecule has 0 radical (unpaired) electrons. The number of benzene rings is 1. The van der Waals surface area contributed by atoms with Crippen LogP contribution in [-0.2, 0) is 4.79 Å². The second-order valence-electron chi connectivity index (χ2n) is 6.41. The van der Waals surface area contributed by atoms with Gasteiger partial charge in [0.1, 0.15) is 5.82 Å². The van der Waals surface area contributed by atoms with E-state index in [-0.39, 0.29) is 11.8 Å². The van der Waals surface area contributed by atoms with Crippen LogP contribution in [0.1, 0.15) is 18.4 Å². The highest BCUT2D eigenvalue weighted by molar-refractivity contribution is 7.22. The number of thiazole rings is 1. The summed E-state index contributed by atoms with van der Waals surface area (Å²) in [6.07, 6.45) is 3.60. The van der Waals surface area contributed by atoms with E-state index in [2.05, 4.69) is 21.3 Å². The first-order valence-electron chi connectivity index (χ1n) is 8.54. The summed E-state index contributed by atoms with van der Waals surface area (Å²) in [6.45, 7) is 3.61. The van der Waals surface area contributed by atoms with E-state index < -0.39 is 0 Å². The molecule has 1 fully saturated rings. The highest BCUT2D eigenvalue weighted by Crippen LogP contribution is 2.31. The van der Waals surface area contributed by atoms with Crippen LogP contribution in [-0.4, -0.2) is 29.0 Å². The molecule has 0 unspecified atom stereocenters. The number of aromatic nitrogens is 2. The number of nitrogens with zero attached hydrogens (tertiary/aromatic N) is 3. The first kappa shape index (κ1) is 16.0. The maximum absolute atomic E-state index is 12.7. The summed E-state index contributed by atoms with van der Waals surface area (Å²) in [5.74, 6) is 0.666. The van der Waals surface area contributed by atoms with E-state index in [0.29, 0.717) is 12.4 Å². The molecule has 5 nitrogen and oxygen atoms in total. The van der Waals surface area contributed by atoms with Crippen molar-refractivity contribution in [1.82, 2.24) is 9.97 Å². The van der Waals surface area contributed by atoms with Gasteiger partial charge in [0.25, 0.3) is 0 Å². The van der Waals surface area contributed by atoms with Crippen LogP contribution in [0, 0.1) is 12.8 Å². The Hall–Kier alpha value is -2.47. The Morgan fingerprint density at radius 1 is 1.28 bits per heavy atom. The topological polar surface area (TPSA) is 58.1 Å². The van der Waals surface area contributed by atoms with Crippen molar-refractivity contribution in [3.05, 3.63) is 48.2 Å². The van der Waals surface area contributed by atoms with Crippen LogP contribution in [0.25, 0.3) is 10.2 Å². The van der Waals surface area contributed by atoms with Gasteiger partial charge >= 0.3 is 0 Å². The second kappa shape index (κ2) is 6.80. The molecule has 1 aromatic carbocycles. The quantitative estimate of drug-likeness (QED) is 0.778. The average Bonchev–Trinajstić information content (AvgIpc) is 3.08. The fourth-order valence-corrected chi connectivity index (χ4v) is 4.20. The molecule has 3 aromatic rings. The van der Waals surface area contributed by atoms with E-state index >= 15 is 0 Å². The fourth-order valence-electron chi connectivity index (χ4n) is 3.20. The first-order chi connectivity index (χ1) is 12.2. The van der Waals surface area contributed by atoms with Gasteiger partial charge in [-0.15, -0.1) is 0 Å². The predicted octanol–water partition coefficient (Wildman–Crippen LogP) is 3.85. The van der Waals surface area contributed by atoms with Gasteiger partial charge in [-0.25, -0.2) is 9.97 Å². The number of fused-ring (bicyclic) bond motifs is 1. The van der Waals surface area contributed by atoms with Crippen molar-refractivity contribution in [2.24, 2.45) is 5.92 Å². The number of rotatable bonds is 3. The van der Waals surface area contributed by atoms with E-state index in [9.17, 15) is 4.79 Å². The zero-order valence-corrected chi connectivity index (χ0v) is 14.9. The minimum Gasteiger partial charge on any atom is -0.347 e. The lowest BCUT2D eigenvalue weighted by Gasteiger charge is -2.31. The molecule has 1 atom stereocenters. The molecular formula is C19H20N4OS. The number of anilines is 2. The third kappa shape index (κ3) is 3.35. The largest absolute Gasteiger partial charge is 0.347 e. The average molecular weight is 352 g/mol. The van der Waals surface area contributed by atoms with Gasteiger partial charge in [0, 0.05) is 19.3 Å². The van der Waals surface area contributed by atoms with Crippen molar-refractivity contribution in [2.75, 3.05) is 23.3 Å². The smallest absolute Gasteiger partial charge is 0.230 e. The van der Waals surface area contributed by atoms with Gasteiger partial charge in [-0.05, 0) is 43.5 Å². The first-order valence-corrected chi connectivity index (χ1v) is 9.35. The van der Waals surface area contributed by atoms with Gasteiger partial charge in [0.15, 0.2) is 5.13 Å². The molecule has 25 heavy (non-hydrogen) atoms. The number of carbonyl (C=O) groups excluding carboxylic acids is 1. The molecule has 1 saturated heterocycles. The highest BCUT2D eigenvalue weighted by Gasteiger charge is 2.27. The molecule has 128 valence electrons. The Labute approximate surface area is 150 Å².